The summed E-state index contributed by atoms with van der Waals surface area (Å²) in [5.41, 5.74) is 1.04. The number of nitrogens with one attached hydrogen (secondary N) is 1. The van der Waals surface area contributed by atoms with Gasteiger partial charge in [-0.2, -0.15) is 0 Å². The molecule has 0 unspecified atom stereocenters. The molecule has 1 saturated carbocycles. The van der Waals surface area contributed by atoms with Crippen LogP contribution in [0.4, 0.5) is 0 Å². The first-order chi connectivity index (χ1) is 6.18. The van der Waals surface area contributed by atoms with Gasteiger partial charge in [-0.25, -0.2) is 0 Å². The van der Waals surface area contributed by atoms with Gasteiger partial charge in [-0.1, -0.05) is 15.9 Å². The lowest BCUT2D eigenvalue weighted by Gasteiger charge is -2.16. The maximum Gasteiger partial charge on any atom is 0.120 e. The Balaban J connectivity index is 2.44. The molecule has 0 spiro atoms. The van der Waals surface area contributed by atoms with Crippen LogP contribution in [0.25, 0.3) is 0 Å². The molecule has 0 amide bonds. The Bertz CT molecular complexity index is 334. The Morgan fingerprint density at radius 1 is 1.46 bits per heavy atom. The molecule has 1 fully saturated rings. The Hall–Kier alpha value is -0.540. The van der Waals surface area contributed by atoms with Crippen molar-refractivity contribution < 1.29 is 5.11 Å². The summed E-state index contributed by atoms with van der Waals surface area (Å²) in [5.74, 6) is 0.384. The molecule has 2 N–H and O–H groups in total. The van der Waals surface area contributed by atoms with Crippen molar-refractivity contribution >= 4 is 15.9 Å². The zero-order valence-electron chi connectivity index (χ0n) is 7.47. The summed E-state index contributed by atoms with van der Waals surface area (Å²) in [6, 6.07) is 5.57. The zero-order valence-corrected chi connectivity index (χ0v) is 9.06. The van der Waals surface area contributed by atoms with E-state index in [9.17, 15) is 5.11 Å². The fourth-order valence-corrected chi connectivity index (χ4v) is 2.03. The van der Waals surface area contributed by atoms with Crippen LogP contribution in [-0.4, -0.2) is 12.2 Å². The largest absolute Gasteiger partial charge is 0.508 e. The number of phenolic OH excluding ortho intramolecular Hbond substituents is 1. The predicted octanol–water partition coefficient (Wildman–Crippen LogP) is 2.36. The number of halogens is 1. The van der Waals surface area contributed by atoms with E-state index >= 15 is 0 Å². The minimum atomic E-state index is 0.0356. The van der Waals surface area contributed by atoms with Crippen LogP contribution in [0.15, 0.2) is 22.7 Å². The average Bonchev–Trinajstić information content (AvgIpc) is 2.90. The smallest absolute Gasteiger partial charge is 0.120 e. The molecule has 0 aromatic heterocycles. The molecule has 1 aromatic carbocycles. The van der Waals surface area contributed by atoms with E-state index in [1.165, 1.54) is 0 Å². The van der Waals surface area contributed by atoms with E-state index in [-0.39, 0.29) is 5.54 Å². The van der Waals surface area contributed by atoms with E-state index in [1.807, 2.05) is 19.2 Å². The number of benzene rings is 1. The summed E-state index contributed by atoms with van der Waals surface area (Å²) >= 11 is 3.41. The van der Waals surface area contributed by atoms with Gasteiger partial charge in [0.2, 0.25) is 0 Å². The number of aromatic hydroxyl groups is 1. The number of hydrogen-bond donors (Lipinski definition) is 2. The van der Waals surface area contributed by atoms with Crippen molar-refractivity contribution in [3.05, 3.63) is 28.2 Å². The maximum absolute atomic E-state index is 9.68. The number of rotatable bonds is 2. The highest BCUT2D eigenvalue weighted by molar-refractivity contribution is 9.10. The molecule has 3 heteroatoms. The van der Waals surface area contributed by atoms with E-state index < -0.39 is 0 Å². The summed E-state index contributed by atoms with van der Waals surface area (Å²) in [4.78, 5) is 0. The van der Waals surface area contributed by atoms with Crippen molar-refractivity contribution in [2.75, 3.05) is 7.05 Å². The monoisotopic (exact) mass is 241 g/mol. The van der Waals surface area contributed by atoms with Gasteiger partial charge in [-0.05, 0) is 38.1 Å². The summed E-state index contributed by atoms with van der Waals surface area (Å²) in [5, 5.41) is 12.9. The Morgan fingerprint density at radius 2 is 2.15 bits per heavy atom. The lowest BCUT2D eigenvalue weighted by atomic mass is 10.0. The van der Waals surface area contributed by atoms with Crippen molar-refractivity contribution in [3.8, 4) is 5.75 Å². The summed E-state index contributed by atoms with van der Waals surface area (Å²) < 4.78 is 1.02. The molecule has 2 rings (SSSR count). The van der Waals surface area contributed by atoms with Gasteiger partial charge in [-0.3, -0.25) is 0 Å². The third-order valence-corrected chi connectivity index (χ3v) is 3.20. The second-order valence-electron chi connectivity index (χ2n) is 3.49. The molecule has 0 atom stereocenters. The van der Waals surface area contributed by atoms with Crippen LogP contribution >= 0.6 is 15.9 Å². The fraction of sp³-hybridized carbons (Fsp3) is 0.400. The highest BCUT2D eigenvalue weighted by atomic mass is 79.9. The normalized spacial score (nSPS) is 18.6. The molecule has 0 heterocycles. The molecule has 0 bridgehead atoms. The van der Waals surface area contributed by atoms with Gasteiger partial charge in [-0.15, -0.1) is 0 Å². The third kappa shape index (κ3) is 1.46. The quantitative estimate of drug-likeness (QED) is 0.834. The Morgan fingerprint density at radius 3 is 2.69 bits per heavy atom. The van der Waals surface area contributed by atoms with E-state index in [1.54, 1.807) is 6.07 Å². The summed E-state index contributed by atoms with van der Waals surface area (Å²) in [6.45, 7) is 0. The van der Waals surface area contributed by atoms with Crippen molar-refractivity contribution in [1.82, 2.24) is 5.32 Å². The third-order valence-electron chi connectivity index (χ3n) is 2.70. The molecule has 1 aromatic rings. The highest BCUT2D eigenvalue weighted by Crippen LogP contribution is 2.48. The second kappa shape index (κ2) is 3.00. The van der Waals surface area contributed by atoms with Gasteiger partial charge < -0.3 is 10.4 Å². The van der Waals surface area contributed by atoms with Crippen LogP contribution in [0.5, 0.6) is 5.75 Å². The van der Waals surface area contributed by atoms with Crippen molar-refractivity contribution in [1.29, 1.82) is 0 Å². The van der Waals surface area contributed by atoms with Crippen LogP contribution in [0.1, 0.15) is 18.4 Å². The molecule has 13 heavy (non-hydrogen) atoms. The van der Waals surface area contributed by atoms with Gasteiger partial charge in [0, 0.05) is 15.6 Å². The topological polar surface area (TPSA) is 32.3 Å². The molecule has 1 aliphatic carbocycles. The van der Waals surface area contributed by atoms with Crippen LogP contribution < -0.4 is 5.32 Å². The molecule has 1 aliphatic rings. The van der Waals surface area contributed by atoms with E-state index in [0.717, 1.165) is 22.9 Å². The van der Waals surface area contributed by atoms with Gasteiger partial charge in [0.25, 0.3) is 0 Å². The van der Waals surface area contributed by atoms with Gasteiger partial charge in [0.1, 0.15) is 5.75 Å². The van der Waals surface area contributed by atoms with Crippen molar-refractivity contribution in [2.45, 2.75) is 18.4 Å². The lowest BCUT2D eigenvalue weighted by Crippen LogP contribution is -2.24. The van der Waals surface area contributed by atoms with Crippen LogP contribution in [0.3, 0.4) is 0 Å². The van der Waals surface area contributed by atoms with E-state index in [0.29, 0.717) is 5.75 Å². The predicted molar refractivity (Wildman–Crippen MR) is 55.8 cm³/mol. The molecule has 0 saturated heterocycles. The highest BCUT2D eigenvalue weighted by Gasteiger charge is 2.44. The first kappa shape index (κ1) is 9.03. The summed E-state index contributed by atoms with van der Waals surface area (Å²) in [7, 11) is 1.94. The van der Waals surface area contributed by atoms with Crippen LogP contribution in [-0.2, 0) is 5.54 Å². The van der Waals surface area contributed by atoms with E-state index in [2.05, 4.69) is 21.2 Å². The minimum Gasteiger partial charge on any atom is -0.508 e. The minimum absolute atomic E-state index is 0.0356. The maximum atomic E-state index is 9.68. The molecule has 70 valence electrons. The average molecular weight is 242 g/mol. The summed E-state index contributed by atoms with van der Waals surface area (Å²) in [6.07, 6.45) is 2.21. The van der Waals surface area contributed by atoms with Crippen molar-refractivity contribution in [2.24, 2.45) is 0 Å². The Labute approximate surface area is 86.1 Å². The first-order valence-electron chi connectivity index (χ1n) is 4.36. The molecule has 2 nitrogen and oxygen atoms in total. The van der Waals surface area contributed by atoms with Crippen molar-refractivity contribution in [3.63, 3.8) is 0 Å². The Kier molecular flexibility index (Phi) is 2.08. The molecule has 0 aliphatic heterocycles. The SMILES string of the molecule is CNC1(c2cc(Br)ccc2O)CC1. The second-order valence-corrected chi connectivity index (χ2v) is 4.41. The molecule has 0 radical (unpaired) electrons. The molecular formula is C10H12BrNO. The first-order valence-corrected chi connectivity index (χ1v) is 5.15. The standard InChI is InChI=1S/C10H12BrNO/c1-12-10(4-5-10)8-6-7(11)2-3-9(8)13/h2-3,6,12-13H,4-5H2,1H3. The number of phenols is 1. The van der Waals surface area contributed by atoms with Crippen LogP contribution in [0.2, 0.25) is 0 Å². The van der Waals surface area contributed by atoms with Gasteiger partial charge >= 0.3 is 0 Å². The zero-order chi connectivity index (χ0) is 9.47. The van der Waals surface area contributed by atoms with Gasteiger partial charge in [0.15, 0.2) is 0 Å². The van der Waals surface area contributed by atoms with E-state index in [4.69, 9.17) is 0 Å². The molecular weight excluding hydrogens is 230 g/mol. The fourth-order valence-electron chi connectivity index (χ4n) is 1.67. The van der Waals surface area contributed by atoms with Crippen LogP contribution in [0, 0.1) is 0 Å². The van der Waals surface area contributed by atoms with Gasteiger partial charge in [0.05, 0.1) is 0 Å². The number of hydrogen-bond acceptors (Lipinski definition) is 2. The lowest BCUT2D eigenvalue weighted by molar-refractivity contribution is 0.449.